The van der Waals surface area contributed by atoms with Gasteiger partial charge in [0.25, 0.3) is 0 Å². The van der Waals surface area contributed by atoms with Crippen molar-refractivity contribution in [3.05, 3.63) is 58.1 Å². The van der Waals surface area contributed by atoms with E-state index in [1.165, 1.54) is 31.2 Å². The number of rotatable bonds is 4. The molecule has 0 bridgehead atoms. The summed E-state index contributed by atoms with van der Waals surface area (Å²) in [5, 5.41) is 2.65. The Kier molecular flexibility index (Phi) is 5.75. The number of nitrogens with zero attached hydrogens (tertiary/aromatic N) is 1. The second kappa shape index (κ2) is 7.59. The van der Waals surface area contributed by atoms with Crippen LogP contribution in [0, 0.1) is 11.6 Å². The van der Waals surface area contributed by atoms with E-state index in [1.54, 1.807) is 0 Å². The van der Waals surface area contributed by atoms with Gasteiger partial charge in [-0.2, -0.15) is 0 Å². The lowest BCUT2D eigenvalue weighted by atomic mass is 10.2. The van der Waals surface area contributed by atoms with Crippen LogP contribution in [0.15, 0.2) is 36.4 Å². The van der Waals surface area contributed by atoms with Crippen LogP contribution in [-0.4, -0.2) is 18.4 Å². The zero-order valence-electron chi connectivity index (χ0n) is 12.4. The van der Waals surface area contributed by atoms with Gasteiger partial charge in [0, 0.05) is 11.9 Å². The van der Waals surface area contributed by atoms with Crippen molar-refractivity contribution in [1.82, 2.24) is 0 Å². The first-order chi connectivity index (χ1) is 11.3. The average Bonchev–Trinajstić information content (AvgIpc) is 2.49. The maximum Gasteiger partial charge on any atom is 0.244 e. The van der Waals surface area contributed by atoms with Crippen LogP contribution in [0.4, 0.5) is 20.2 Å². The van der Waals surface area contributed by atoms with E-state index in [0.717, 1.165) is 17.0 Å². The molecule has 0 aliphatic carbocycles. The molecule has 0 unspecified atom stereocenters. The summed E-state index contributed by atoms with van der Waals surface area (Å²) in [6.45, 7) is 0.770. The molecule has 0 aromatic heterocycles. The number of carbonyl (C=O) groups excluding carboxylic acids is 2. The Morgan fingerprint density at radius 2 is 1.75 bits per heavy atom. The third-order valence-corrected chi connectivity index (χ3v) is 3.65. The van der Waals surface area contributed by atoms with Crippen molar-refractivity contribution in [3.63, 3.8) is 0 Å². The van der Waals surface area contributed by atoms with Gasteiger partial charge in [-0.15, -0.1) is 0 Å². The molecule has 0 saturated carbocycles. The lowest BCUT2D eigenvalue weighted by Crippen LogP contribution is -2.37. The summed E-state index contributed by atoms with van der Waals surface area (Å²) in [6.07, 6.45) is 0. The second-order valence-electron chi connectivity index (χ2n) is 4.85. The molecule has 0 radical (unpaired) electrons. The molecule has 2 aromatic carbocycles. The SMILES string of the molecule is CC(=O)N(CC(=O)Nc1c(F)cccc1F)c1ccc(Cl)cc1Cl. The van der Waals surface area contributed by atoms with Crippen LogP contribution in [0.5, 0.6) is 0 Å². The van der Waals surface area contributed by atoms with Gasteiger partial charge in [-0.05, 0) is 30.3 Å². The topological polar surface area (TPSA) is 49.4 Å². The van der Waals surface area contributed by atoms with E-state index in [-0.39, 0.29) is 10.7 Å². The minimum absolute atomic E-state index is 0.169. The normalized spacial score (nSPS) is 10.4. The number of nitrogens with one attached hydrogen (secondary N) is 1. The van der Waals surface area contributed by atoms with Gasteiger partial charge in [-0.3, -0.25) is 9.59 Å². The van der Waals surface area contributed by atoms with Gasteiger partial charge < -0.3 is 10.2 Å². The van der Waals surface area contributed by atoms with E-state index in [4.69, 9.17) is 23.2 Å². The van der Waals surface area contributed by atoms with E-state index < -0.39 is 35.7 Å². The molecular weight excluding hydrogens is 361 g/mol. The number of amides is 2. The van der Waals surface area contributed by atoms with Crippen molar-refractivity contribution < 1.29 is 18.4 Å². The van der Waals surface area contributed by atoms with E-state index in [0.29, 0.717) is 5.02 Å². The molecule has 0 aliphatic rings. The quantitative estimate of drug-likeness (QED) is 0.871. The van der Waals surface area contributed by atoms with Gasteiger partial charge in [-0.25, -0.2) is 8.78 Å². The highest BCUT2D eigenvalue weighted by Crippen LogP contribution is 2.29. The van der Waals surface area contributed by atoms with Crippen molar-refractivity contribution in [3.8, 4) is 0 Å². The second-order valence-corrected chi connectivity index (χ2v) is 5.69. The number of hydrogen-bond donors (Lipinski definition) is 1. The van der Waals surface area contributed by atoms with Gasteiger partial charge in [0.1, 0.15) is 23.9 Å². The molecule has 0 spiro atoms. The van der Waals surface area contributed by atoms with E-state index in [9.17, 15) is 18.4 Å². The molecule has 24 heavy (non-hydrogen) atoms. The predicted octanol–water partition coefficient (Wildman–Crippen LogP) is 4.26. The molecule has 2 rings (SSSR count). The highest BCUT2D eigenvalue weighted by molar-refractivity contribution is 6.36. The molecule has 8 heteroatoms. The Hall–Kier alpha value is -2.18. The molecule has 1 N–H and O–H groups in total. The smallest absolute Gasteiger partial charge is 0.244 e. The first kappa shape index (κ1) is 18.2. The minimum atomic E-state index is -0.915. The molecular formula is C16H12Cl2F2N2O2. The van der Waals surface area contributed by atoms with Crippen LogP contribution in [-0.2, 0) is 9.59 Å². The zero-order valence-corrected chi connectivity index (χ0v) is 14.0. The fourth-order valence-electron chi connectivity index (χ4n) is 2.01. The maximum atomic E-state index is 13.6. The predicted molar refractivity (Wildman–Crippen MR) is 89.5 cm³/mol. The van der Waals surface area contributed by atoms with Crippen LogP contribution in [0.2, 0.25) is 10.0 Å². The summed E-state index contributed by atoms with van der Waals surface area (Å²) in [7, 11) is 0. The summed E-state index contributed by atoms with van der Waals surface area (Å²) in [5.74, 6) is -3.08. The number of anilines is 2. The Morgan fingerprint density at radius 1 is 1.12 bits per heavy atom. The molecule has 0 aliphatic heterocycles. The first-order valence-corrected chi connectivity index (χ1v) is 7.52. The Labute approximate surface area is 147 Å². The zero-order chi connectivity index (χ0) is 17.9. The minimum Gasteiger partial charge on any atom is -0.320 e. The number of hydrogen-bond acceptors (Lipinski definition) is 2. The van der Waals surface area contributed by atoms with E-state index in [1.807, 2.05) is 0 Å². The summed E-state index contributed by atoms with van der Waals surface area (Å²) in [6, 6.07) is 7.60. The van der Waals surface area contributed by atoms with Crippen molar-refractivity contribution in [2.75, 3.05) is 16.8 Å². The van der Waals surface area contributed by atoms with Crippen LogP contribution in [0.25, 0.3) is 0 Å². The summed E-state index contributed by atoms with van der Waals surface area (Å²) >= 11 is 11.8. The Balaban J connectivity index is 2.22. The third kappa shape index (κ3) is 4.21. The molecule has 0 atom stereocenters. The maximum absolute atomic E-state index is 13.6. The van der Waals surface area contributed by atoms with E-state index in [2.05, 4.69) is 5.32 Å². The number of para-hydroxylation sites is 1. The van der Waals surface area contributed by atoms with Crippen LogP contribution in [0.1, 0.15) is 6.92 Å². The molecule has 126 valence electrons. The van der Waals surface area contributed by atoms with Gasteiger partial charge in [0.2, 0.25) is 11.8 Å². The number of carbonyl (C=O) groups is 2. The van der Waals surface area contributed by atoms with Crippen LogP contribution in [0.3, 0.4) is 0 Å². The Bertz CT molecular complexity index is 779. The Morgan fingerprint density at radius 3 is 2.29 bits per heavy atom. The molecule has 4 nitrogen and oxygen atoms in total. The lowest BCUT2D eigenvalue weighted by Gasteiger charge is -2.22. The number of halogens is 4. The van der Waals surface area contributed by atoms with Gasteiger partial charge in [-0.1, -0.05) is 29.3 Å². The van der Waals surface area contributed by atoms with Gasteiger partial charge >= 0.3 is 0 Å². The average molecular weight is 373 g/mol. The van der Waals surface area contributed by atoms with Crippen LogP contribution < -0.4 is 10.2 Å². The molecule has 0 saturated heterocycles. The summed E-state index contributed by atoms with van der Waals surface area (Å²) < 4.78 is 27.1. The third-order valence-electron chi connectivity index (χ3n) is 3.11. The molecule has 0 fully saturated rings. The lowest BCUT2D eigenvalue weighted by molar-refractivity contribution is -0.120. The van der Waals surface area contributed by atoms with Gasteiger partial charge in [0.05, 0.1) is 10.7 Å². The standard InChI is InChI=1S/C16H12Cl2F2N2O2/c1-9(23)22(14-6-5-10(17)7-11(14)18)8-15(24)21-16-12(19)3-2-4-13(16)20/h2-7H,8H2,1H3,(H,21,24). The summed E-state index contributed by atoms with van der Waals surface area (Å²) in [4.78, 5) is 25.0. The van der Waals surface area contributed by atoms with Crippen molar-refractivity contribution >= 4 is 46.4 Å². The van der Waals surface area contributed by atoms with Crippen molar-refractivity contribution in [2.45, 2.75) is 6.92 Å². The number of benzene rings is 2. The summed E-state index contributed by atoms with van der Waals surface area (Å²) in [5.41, 5.74) is -0.314. The fraction of sp³-hybridized carbons (Fsp3) is 0.125. The van der Waals surface area contributed by atoms with Crippen LogP contribution >= 0.6 is 23.2 Å². The van der Waals surface area contributed by atoms with E-state index >= 15 is 0 Å². The molecule has 0 heterocycles. The largest absolute Gasteiger partial charge is 0.320 e. The fourth-order valence-corrected chi connectivity index (χ4v) is 2.52. The van der Waals surface area contributed by atoms with Gasteiger partial charge in [0.15, 0.2) is 0 Å². The highest BCUT2D eigenvalue weighted by atomic mass is 35.5. The highest BCUT2D eigenvalue weighted by Gasteiger charge is 2.20. The first-order valence-electron chi connectivity index (χ1n) is 6.76. The molecule has 2 amide bonds. The van der Waals surface area contributed by atoms with Crippen molar-refractivity contribution in [1.29, 1.82) is 0 Å². The monoisotopic (exact) mass is 372 g/mol. The molecule has 2 aromatic rings. The van der Waals surface area contributed by atoms with Crippen molar-refractivity contribution in [2.24, 2.45) is 0 Å².